The molecule has 0 bridgehead atoms. The van der Waals surface area contributed by atoms with Crippen molar-refractivity contribution in [3.8, 4) is 17.9 Å². The second-order valence-electron chi connectivity index (χ2n) is 4.48. The van der Waals surface area contributed by atoms with Gasteiger partial charge in [-0.1, -0.05) is 27.5 Å². The van der Waals surface area contributed by atoms with Crippen LogP contribution in [0.15, 0.2) is 24.3 Å². The van der Waals surface area contributed by atoms with Crippen LogP contribution in [0, 0.1) is 23.2 Å². The molecule has 0 spiro atoms. The van der Waals surface area contributed by atoms with Crippen LogP contribution in [0.4, 0.5) is 13.2 Å². The summed E-state index contributed by atoms with van der Waals surface area (Å²) in [6, 6.07) is 8.64. The fourth-order valence-electron chi connectivity index (χ4n) is 1.29. The van der Waals surface area contributed by atoms with Crippen LogP contribution >= 0.6 is 21.6 Å². The number of carbonyl (C=O) groups excluding carboxylic acids is 2. The normalized spacial score (nSPS) is 9.74. The van der Waals surface area contributed by atoms with Crippen LogP contribution in [-0.2, 0) is 4.79 Å². The van der Waals surface area contributed by atoms with Crippen LogP contribution in [0.5, 0.6) is 0 Å². The van der Waals surface area contributed by atoms with Crippen LogP contribution in [0.1, 0.15) is 15.9 Å². The van der Waals surface area contributed by atoms with Gasteiger partial charge in [-0.3, -0.25) is 4.79 Å². The predicted molar refractivity (Wildman–Crippen MR) is 95.0 cm³/mol. The summed E-state index contributed by atoms with van der Waals surface area (Å²) in [7, 11) is 3.51. The van der Waals surface area contributed by atoms with Gasteiger partial charge in [0.2, 0.25) is 0 Å². The van der Waals surface area contributed by atoms with E-state index < -0.39 is 12.1 Å². The molecule has 27 heavy (non-hydrogen) atoms. The lowest BCUT2D eigenvalue weighted by atomic mass is 10.1. The van der Waals surface area contributed by atoms with E-state index in [2.05, 4.69) is 22.9 Å². The summed E-state index contributed by atoms with van der Waals surface area (Å²) in [6.07, 6.45) is -5.19. The van der Waals surface area contributed by atoms with Crippen LogP contribution in [0.2, 0.25) is 0 Å². The van der Waals surface area contributed by atoms with Gasteiger partial charge in [-0.15, -0.1) is 0 Å². The van der Waals surface area contributed by atoms with E-state index in [0.717, 1.165) is 23.6 Å². The molecule has 1 rings (SSSR count). The zero-order chi connectivity index (χ0) is 20.7. The number of amides is 1. The molecule has 0 aliphatic heterocycles. The number of rotatable bonds is 7. The van der Waals surface area contributed by atoms with Crippen molar-refractivity contribution in [1.82, 2.24) is 5.32 Å². The number of nitriles is 1. The maximum absolute atomic E-state index is 11.8. The number of halogens is 3. The fraction of sp³-hybridized carbons (Fsp3) is 0.312. The van der Waals surface area contributed by atoms with Crippen LogP contribution in [0.25, 0.3) is 0 Å². The Balaban J connectivity index is 0.000000821. The molecule has 146 valence electrons. The van der Waals surface area contributed by atoms with Crippen molar-refractivity contribution in [3.05, 3.63) is 35.4 Å². The summed E-state index contributed by atoms with van der Waals surface area (Å²) in [6.45, 7) is 1.56. The standard InChI is InChI=1S/C14H15N3OS2.C2HF3O2/c15-7-1-2-12-3-5-13(6-4-12)14(18)17-9-11-20-19-10-8-16;3-2(4,5)1(6)7/h3-6H,8-11,16H2,(H,17,18);(H,6,7). The number of aliphatic carboxylic acids is 1. The third kappa shape index (κ3) is 12.6. The molecule has 1 aromatic carbocycles. The van der Waals surface area contributed by atoms with Crippen LogP contribution in [-0.4, -0.2) is 42.6 Å². The van der Waals surface area contributed by atoms with E-state index in [1.165, 1.54) is 0 Å². The van der Waals surface area contributed by atoms with Crippen molar-refractivity contribution in [2.24, 2.45) is 0 Å². The lowest BCUT2D eigenvalue weighted by molar-refractivity contribution is -0.360. The summed E-state index contributed by atoms with van der Waals surface area (Å²) in [5, 5.41) is 20.0. The Labute approximate surface area is 162 Å². The molecule has 0 saturated heterocycles. The van der Waals surface area contributed by atoms with Gasteiger partial charge in [0.25, 0.3) is 5.91 Å². The number of quaternary nitrogens is 1. The van der Waals surface area contributed by atoms with Gasteiger partial charge in [-0.25, -0.2) is 0 Å². The monoisotopic (exact) mass is 419 g/mol. The Morgan fingerprint density at radius 1 is 1.19 bits per heavy atom. The molecule has 0 heterocycles. The summed E-state index contributed by atoms with van der Waals surface area (Å²) in [5.74, 6) is 3.81. The van der Waals surface area contributed by atoms with E-state index in [1.54, 1.807) is 51.9 Å². The van der Waals surface area contributed by atoms with E-state index in [1.807, 2.05) is 0 Å². The largest absolute Gasteiger partial charge is 0.542 e. The van der Waals surface area contributed by atoms with Crippen molar-refractivity contribution in [1.29, 1.82) is 5.26 Å². The van der Waals surface area contributed by atoms with Crippen molar-refractivity contribution < 1.29 is 33.6 Å². The van der Waals surface area contributed by atoms with Gasteiger partial charge in [0.1, 0.15) is 5.97 Å². The fourth-order valence-corrected chi connectivity index (χ4v) is 3.14. The Morgan fingerprint density at radius 2 is 1.74 bits per heavy atom. The average molecular weight is 419 g/mol. The molecule has 11 heteroatoms. The average Bonchev–Trinajstić information content (AvgIpc) is 2.63. The number of hydrogen-bond acceptors (Lipinski definition) is 6. The molecule has 0 aliphatic carbocycles. The lowest BCUT2D eigenvalue weighted by Gasteiger charge is -2.04. The predicted octanol–water partition coefficient (Wildman–Crippen LogP) is 0.213. The number of nitrogens with zero attached hydrogens (tertiary/aromatic N) is 1. The number of alkyl halides is 3. The minimum absolute atomic E-state index is 0.0902. The number of carboxylic acids is 1. The van der Waals surface area contributed by atoms with E-state index >= 15 is 0 Å². The quantitative estimate of drug-likeness (QED) is 0.370. The smallest absolute Gasteiger partial charge is 0.430 e. The maximum atomic E-state index is 11.8. The molecular weight excluding hydrogens is 403 g/mol. The van der Waals surface area contributed by atoms with Gasteiger partial charge in [-0.2, -0.15) is 18.4 Å². The van der Waals surface area contributed by atoms with Gasteiger partial charge in [0, 0.05) is 29.3 Å². The van der Waals surface area contributed by atoms with Crippen molar-refractivity contribution in [3.63, 3.8) is 0 Å². The van der Waals surface area contributed by atoms with E-state index in [4.69, 9.17) is 15.2 Å². The maximum Gasteiger partial charge on any atom is 0.430 e. The highest BCUT2D eigenvalue weighted by Gasteiger charge is 2.28. The summed E-state index contributed by atoms with van der Waals surface area (Å²) in [4.78, 5) is 20.6. The second-order valence-corrected chi connectivity index (χ2v) is 7.18. The molecule has 0 fully saturated rings. The minimum Gasteiger partial charge on any atom is -0.542 e. The highest BCUT2D eigenvalue weighted by molar-refractivity contribution is 8.76. The first kappa shape index (κ1) is 24.7. The van der Waals surface area contributed by atoms with Crippen molar-refractivity contribution >= 4 is 33.5 Å². The number of carbonyl (C=O) groups is 2. The van der Waals surface area contributed by atoms with E-state index in [0.29, 0.717) is 12.1 Å². The summed E-state index contributed by atoms with van der Waals surface area (Å²) < 4.78 is 31.5. The molecule has 1 amide bonds. The molecule has 1 aromatic rings. The van der Waals surface area contributed by atoms with Gasteiger partial charge >= 0.3 is 6.18 Å². The Hall–Kier alpha value is -2.34. The first-order valence-electron chi connectivity index (χ1n) is 7.32. The first-order valence-corrected chi connectivity index (χ1v) is 9.81. The SMILES string of the molecule is N#CC#Cc1ccc(C(=O)NCCSSCC[NH3+])cc1.O=C([O-])C(F)(F)F. The highest BCUT2D eigenvalue weighted by atomic mass is 33.1. The van der Waals surface area contributed by atoms with Gasteiger partial charge < -0.3 is 21.0 Å². The molecule has 0 radical (unpaired) electrons. The minimum atomic E-state index is -5.19. The third-order valence-corrected chi connectivity index (χ3v) is 4.92. The molecule has 0 aromatic heterocycles. The molecular formula is C16H16F3N3O3S2. The molecule has 0 unspecified atom stereocenters. The molecule has 0 saturated carbocycles. The highest BCUT2D eigenvalue weighted by Crippen LogP contribution is 2.18. The topological polar surface area (TPSA) is 121 Å². The summed E-state index contributed by atoms with van der Waals surface area (Å²) in [5.41, 5.74) is 5.09. The molecule has 6 nitrogen and oxygen atoms in total. The first-order chi connectivity index (χ1) is 12.7. The van der Waals surface area contributed by atoms with Gasteiger partial charge in [0.05, 0.1) is 12.3 Å². The molecule has 0 atom stereocenters. The van der Waals surface area contributed by atoms with E-state index in [-0.39, 0.29) is 5.91 Å². The van der Waals surface area contributed by atoms with Crippen LogP contribution < -0.4 is 16.2 Å². The Bertz CT molecular complexity index is 708. The molecule has 0 aliphatic rings. The lowest BCUT2D eigenvalue weighted by Crippen LogP contribution is -2.51. The van der Waals surface area contributed by atoms with E-state index in [9.17, 15) is 18.0 Å². The number of benzene rings is 1. The Kier molecular flexibility index (Phi) is 12.6. The number of nitrogens with one attached hydrogen (secondary N) is 1. The zero-order valence-corrected chi connectivity index (χ0v) is 15.6. The number of hydrogen-bond donors (Lipinski definition) is 2. The van der Waals surface area contributed by atoms with Gasteiger partial charge in [-0.05, 0) is 24.3 Å². The third-order valence-electron chi connectivity index (χ3n) is 2.42. The zero-order valence-electron chi connectivity index (χ0n) is 14.0. The summed E-state index contributed by atoms with van der Waals surface area (Å²) >= 11 is 0. The van der Waals surface area contributed by atoms with Crippen molar-refractivity contribution in [2.75, 3.05) is 24.6 Å². The van der Waals surface area contributed by atoms with Gasteiger partial charge in [0.15, 0.2) is 6.07 Å². The van der Waals surface area contributed by atoms with Crippen LogP contribution in [0.3, 0.4) is 0 Å². The number of carboxylic acid groups (broad SMARTS) is 1. The second kappa shape index (κ2) is 13.8. The molecule has 4 N–H and O–H groups in total. The Morgan fingerprint density at radius 3 is 2.22 bits per heavy atom. The van der Waals surface area contributed by atoms with Crippen molar-refractivity contribution in [2.45, 2.75) is 6.18 Å².